The summed E-state index contributed by atoms with van der Waals surface area (Å²) in [6.07, 6.45) is 3.90. The molecule has 1 saturated heterocycles. The van der Waals surface area contributed by atoms with Gasteiger partial charge in [0.05, 0.1) is 4.90 Å². The number of unbranched alkanes of at least 4 members (excludes halogenated alkanes) is 2. The highest BCUT2D eigenvalue weighted by atomic mass is 32.2. The molecule has 3 rings (SSSR count). The Morgan fingerprint density at radius 1 is 0.974 bits per heavy atom. The van der Waals surface area contributed by atoms with Gasteiger partial charge in [0.1, 0.15) is 12.1 Å². The number of nitrogens with zero attached hydrogens (tertiary/aromatic N) is 1. The van der Waals surface area contributed by atoms with Gasteiger partial charge < -0.3 is 15.3 Å². The summed E-state index contributed by atoms with van der Waals surface area (Å²) in [5.41, 5.74) is 1.74. The van der Waals surface area contributed by atoms with Gasteiger partial charge in [0, 0.05) is 19.0 Å². The Balaban J connectivity index is 1.66. The van der Waals surface area contributed by atoms with Gasteiger partial charge in [-0.1, -0.05) is 74.2 Å². The van der Waals surface area contributed by atoms with Crippen molar-refractivity contribution in [2.75, 3.05) is 13.1 Å². The molecule has 212 valence electrons. The van der Waals surface area contributed by atoms with Crippen LogP contribution in [0.4, 0.5) is 0 Å². The fraction of sp³-hybridized carbons (Fsp3) is 0.483. The highest BCUT2D eigenvalue weighted by Gasteiger charge is 2.34. The highest BCUT2D eigenvalue weighted by Crippen LogP contribution is 2.21. The Hall–Kier alpha value is -3.24. The molecule has 10 heteroatoms. The molecular formula is C29H39N3O6S. The van der Waals surface area contributed by atoms with Gasteiger partial charge in [-0.25, -0.2) is 13.2 Å². The van der Waals surface area contributed by atoms with Gasteiger partial charge in [0.15, 0.2) is 0 Å². The number of carbonyl (C=O) groups excluding carboxylic acids is 2. The largest absolute Gasteiger partial charge is 0.480 e. The van der Waals surface area contributed by atoms with Crippen molar-refractivity contribution in [1.29, 1.82) is 0 Å². The third-order valence-electron chi connectivity index (χ3n) is 7.10. The second-order valence-electron chi connectivity index (χ2n) is 10.2. The van der Waals surface area contributed by atoms with Gasteiger partial charge in [-0.2, -0.15) is 4.72 Å². The number of benzene rings is 2. The average Bonchev–Trinajstić information content (AvgIpc) is 2.92. The first kappa shape index (κ1) is 30.3. The van der Waals surface area contributed by atoms with Crippen molar-refractivity contribution in [2.24, 2.45) is 5.92 Å². The first-order valence-electron chi connectivity index (χ1n) is 13.6. The monoisotopic (exact) mass is 557 g/mol. The normalized spacial score (nSPS) is 15.9. The summed E-state index contributed by atoms with van der Waals surface area (Å²) in [7, 11) is -3.95. The van der Waals surface area contributed by atoms with Crippen molar-refractivity contribution in [1.82, 2.24) is 14.9 Å². The summed E-state index contributed by atoms with van der Waals surface area (Å²) in [4.78, 5) is 39.6. The molecule has 2 amide bonds. The number of hydrogen-bond donors (Lipinski definition) is 3. The van der Waals surface area contributed by atoms with E-state index in [2.05, 4.69) is 10.0 Å². The van der Waals surface area contributed by atoms with Crippen LogP contribution < -0.4 is 10.0 Å². The minimum Gasteiger partial charge on any atom is -0.480 e. The molecule has 1 fully saturated rings. The molecule has 2 aromatic carbocycles. The molecule has 0 aromatic heterocycles. The van der Waals surface area contributed by atoms with Gasteiger partial charge in [0.2, 0.25) is 21.8 Å². The van der Waals surface area contributed by atoms with E-state index in [-0.39, 0.29) is 36.2 Å². The molecule has 0 spiro atoms. The Labute approximate surface area is 231 Å². The van der Waals surface area contributed by atoms with Crippen molar-refractivity contribution in [3.63, 3.8) is 0 Å². The van der Waals surface area contributed by atoms with E-state index in [0.717, 1.165) is 30.4 Å². The number of carboxylic acid groups (broad SMARTS) is 1. The van der Waals surface area contributed by atoms with Gasteiger partial charge in [-0.3, -0.25) is 9.59 Å². The highest BCUT2D eigenvalue weighted by molar-refractivity contribution is 7.89. The van der Waals surface area contributed by atoms with E-state index in [9.17, 15) is 27.9 Å². The SMILES string of the molecule is CCCCC[C@H](NC(=O)C1CCN(C(=O)[C@H](Cc2ccccc2)NS(=O)(=O)c2ccc(C)cc2)CC1)C(=O)O. The molecule has 0 bridgehead atoms. The number of hydrogen-bond acceptors (Lipinski definition) is 5. The van der Waals surface area contributed by atoms with Gasteiger partial charge >= 0.3 is 5.97 Å². The Kier molecular flexibility index (Phi) is 11.1. The van der Waals surface area contributed by atoms with E-state index in [4.69, 9.17) is 0 Å². The maximum atomic E-state index is 13.6. The predicted molar refractivity (Wildman–Crippen MR) is 148 cm³/mol. The number of sulfonamides is 1. The number of carboxylic acids is 1. The fourth-order valence-electron chi connectivity index (χ4n) is 4.73. The second kappa shape index (κ2) is 14.2. The molecule has 0 aliphatic carbocycles. The number of aliphatic carboxylic acids is 1. The lowest BCUT2D eigenvalue weighted by atomic mass is 9.94. The lowest BCUT2D eigenvalue weighted by Crippen LogP contribution is -2.53. The van der Waals surface area contributed by atoms with E-state index >= 15 is 0 Å². The minimum absolute atomic E-state index is 0.0845. The van der Waals surface area contributed by atoms with Crippen LogP contribution in [0.15, 0.2) is 59.5 Å². The topological polar surface area (TPSA) is 133 Å². The van der Waals surface area contributed by atoms with Crippen molar-refractivity contribution in [3.8, 4) is 0 Å². The van der Waals surface area contributed by atoms with Crippen LogP contribution >= 0.6 is 0 Å². The standard InChI is InChI=1S/C29H39N3O6S/c1-3-4-6-11-25(29(35)36)30-27(33)23-16-18-32(19-17-23)28(34)26(20-22-9-7-5-8-10-22)31-39(37,38)24-14-12-21(2)13-15-24/h5,7-10,12-15,23,25-26,31H,3-4,6,11,16-20H2,1-2H3,(H,30,33)(H,35,36)/t25-,26-/m0/s1. The maximum absolute atomic E-state index is 13.6. The zero-order valence-electron chi connectivity index (χ0n) is 22.6. The number of amides is 2. The summed E-state index contributed by atoms with van der Waals surface area (Å²) in [5.74, 6) is -2.11. The van der Waals surface area contributed by atoms with Crippen LogP contribution in [0, 0.1) is 12.8 Å². The molecular weight excluding hydrogens is 518 g/mol. The Bertz CT molecular complexity index is 1210. The number of carbonyl (C=O) groups is 3. The zero-order chi connectivity index (χ0) is 28.4. The molecule has 0 radical (unpaired) electrons. The van der Waals surface area contributed by atoms with E-state index in [1.165, 1.54) is 12.1 Å². The quantitative estimate of drug-likeness (QED) is 0.324. The van der Waals surface area contributed by atoms with Crippen molar-refractivity contribution in [3.05, 3.63) is 65.7 Å². The molecule has 3 N–H and O–H groups in total. The second-order valence-corrected chi connectivity index (χ2v) is 11.9. The van der Waals surface area contributed by atoms with Crippen LogP contribution in [0.25, 0.3) is 0 Å². The summed E-state index contributed by atoms with van der Waals surface area (Å²) < 4.78 is 28.9. The van der Waals surface area contributed by atoms with Gasteiger partial charge in [0.25, 0.3) is 0 Å². The van der Waals surface area contributed by atoms with Crippen LogP contribution in [0.2, 0.25) is 0 Å². The van der Waals surface area contributed by atoms with Crippen LogP contribution in [0.1, 0.15) is 56.6 Å². The molecule has 1 aliphatic rings. The van der Waals surface area contributed by atoms with E-state index < -0.39 is 34.0 Å². The Morgan fingerprint density at radius 3 is 2.21 bits per heavy atom. The third-order valence-corrected chi connectivity index (χ3v) is 8.59. The smallest absolute Gasteiger partial charge is 0.326 e. The third kappa shape index (κ3) is 8.90. The van der Waals surface area contributed by atoms with Crippen LogP contribution in [-0.4, -0.2) is 61.4 Å². The van der Waals surface area contributed by atoms with Crippen LogP contribution in [0.3, 0.4) is 0 Å². The van der Waals surface area contributed by atoms with Crippen LogP contribution in [0.5, 0.6) is 0 Å². The molecule has 2 aromatic rings. The Morgan fingerprint density at radius 2 is 1.62 bits per heavy atom. The first-order valence-corrected chi connectivity index (χ1v) is 15.0. The summed E-state index contributed by atoms with van der Waals surface area (Å²) >= 11 is 0. The molecule has 2 atom stereocenters. The zero-order valence-corrected chi connectivity index (χ0v) is 23.5. The summed E-state index contributed by atoms with van der Waals surface area (Å²) in [5, 5.41) is 12.1. The van der Waals surface area contributed by atoms with Crippen molar-refractivity contribution in [2.45, 2.75) is 75.8 Å². The average molecular weight is 558 g/mol. The number of rotatable bonds is 13. The number of aryl methyl sites for hydroxylation is 1. The van der Waals surface area contributed by atoms with Crippen molar-refractivity contribution < 1.29 is 27.9 Å². The predicted octanol–water partition coefficient (Wildman–Crippen LogP) is 3.27. The van der Waals surface area contributed by atoms with Crippen molar-refractivity contribution >= 4 is 27.8 Å². The molecule has 0 unspecified atom stereocenters. The first-order chi connectivity index (χ1) is 18.6. The molecule has 1 aliphatic heterocycles. The molecule has 1 heterocycles. The summed E-state index contributed by atoms with van der Waals surface area (Å²) in [6.45, 7) is 4.45. The maximum Gasteiger partial charge on any atom is 0.326 e. The van der Waals surface area contributed by atoms with E-state index in [0.29, 0.717) is 19.3 Å². The number of piperidine rings is 1. The molecule has 0 saturated carbocycles. The fourth-order valence-corrected chi connectivity index (χ4v) is 5.92. The van der Waals surface area contributed by atoms with E-state index in [1.54, 1.807) is 17.0 Å². The minimum atomic E-state index is -3.95. The van der Waals surface area contributed by atoms with Gasteiger partial charge in [-0.15, -0.1) is 0 Å². The lowest BCUT2D eigenvalue weighted by molar-refractivity contribution is -0.143. The summed E-state index contributed by atoms with van der Waals surface area (Å²) in [6, 6.07) is 13.7. The number of likely N-dealkylation sites (tertiary alicyclic amines) is 1. The van der Waals surface area contributed by atoms with Crippen LogP contribution in [-0.2, 0) is 30.8 Å². The molecule has 39 heavy (non-hydrogen) atoms. The van der Waals surface area contributed by atoms with Gasteiger partial charge in [-0.05, 0) is 50.3 Å². The number of nitrogens with one attached hydrogen (secondary N) is 2. The lowest BCUT2D eigenvalue weighted by Gasteiger charge is -2.34. The van der Waals surface area contributed by atoms with E-state index in [1.807, 2.05) is 44.2 Å². The molecule has 9 nitrogen and oxygen atoms in total.